The number of nitriles is 1. The highest BCUT2D eigenvalue weighted by atomic mass is 35.5. The summed E-state index contributed by atoms with van der Waals surface area (Å²) in [6.07, 6.45) is 0. The zero-order chi connectivity index (χ0) is 16.4. The third-order valence-electron chi connectivity index (χ3n) is 3.16. The first-order valence-corrected chi connectivity index (χ1v) is 8.68. The maximum atomic E-state index is 9.15. The van der Waals surface area contributed by atoms with Crippen molar-refractivity contribution in [1.29, 1.82) is 5.26 Å². The molecule has 6 nitrogen and oxygen atoms in total. The first-order valence-electron chi connectivity index (χ1n) is 6.72. The van der Waals surface area contributed by atoms with Gasteiger partial charge in [-0.3, -0.25) is 0 Å². The summed E-state index contributed by atoms with van der Waals surface area (Å²) >= 11 is 8.33. The number of nitrogens with zero attached hydrogens (tertiary/aromatic N) is 6. The molecule has 0 radical (unpaired) electrons. The minimum absolute atomic E-state index is 0.209. The van der Waals surface area contributed by atoms with Crippen molar-refractivity contribution in [1.82, 2.24) is 24.6 Å². The molecule has 0 aliphatic rings. The summed E-state index contributed by atoms with van der Waals surface area (Å²) in [5.41, 5.74) is 2.46. The van der Waals surface area contributed by atoms with E-state index in [4.69, 9.17) is 16.9 Å². The van der Waals surface area contributed by atoms with Gasteiger partial charge in [0.2, 0.25) is 5.16 Å². The second-order valence-electron chi connectivity index (χ2n) is 4.97. The zero-order valence-electron chi connectivity index (χ0n) is 12.3. The Morgan fingerprint density at radius 1 is 1.30 bits per heavy atom. The van der Waals surface area contributed by atoms with E-state index in [1.54, 1.807) is 4.68 Å². The van der Waals surface area contributed by atoms with Crippen LogP contribution in [0.5, 0.6) is 0 Å². The Labute approximate surface area is 146 Å². The van der Waals surface area contributed by atoms with E-state index in [-0.39, 0.29) is 5.15 Å². The van der Waals surface area contributed by atoms with E-state index in [9.17, 15) is 0 Å². The van der Waals surface area contributed by atoms with Gasteiger partial charge in [-0.05, 0) is 57.3 Å². The normalized spacial score (nSPS) is 10.9. The van der Waals surface area contributed by atoms with Crippen LogP contribution in [0.2, 0.25) is 5.15 Å². The quantitative estimate of drug-likeness (QED) is 0.699. The lowest BCUT2D eigenvalue weighted by atomic mass is 10.0. The van der Waals surface area contributed by atoms with Crippen molar-refractivity contribution in [3.63, 3.8) is 0 Å². The molecule has 3 rings (SSSR count). The number of aromatic nitrogens is 5. The predicted molar refractivity (Wildman–Crippen MR) is 89.2 cm³/mol. The van der Waals surface area contributed by atoms with E-state index in [0.29, 0.717) is 20.8 Å². The van der Waals surface area contributed by atoms with Crippen LogP contribution in [0.3, 0.4) is 0 Å². The first kappa shape index (κ1) is 15.9. The van der Waals surface area contributed by atoms with Gasteiger partial charge in [-0.15, -0.1) is 5.10 Å². The molecule has 0 saturated heterocycles. The van der Waals surface area contributed by atoms with Crippen LogP contribution >= 0.6 is 34.9 Å². The average molecular weight is 363 g/mol. The highest BCUT2D eigenvalue weighted by molar-refractivity contribution is 8.01. The Kier molecular flexibility index (Phi) is 4.61. The molecule has 0 aliphatic carbocycles. The molecule has 2 aromatic heterocycles. The minimum Gasteiger partial charge on any atom is -0.192 e. The van der Waals surface area contributed by atoms with E-state index in [0.717, 1.165) is 17.2 Å². The van der Waals surface area contributed by atoms with Gasteiger partial charge in [0.1, 0.15) is 15.8 Å². The fourth-order valence-electron chi connectivity index (χ4n) is 1.91. The van der Waals surface area contributed by atoms with Crippen molar-refractivity contribution in [2.75, 3.05) is 0 Å². The monoisotopic (exact) mass is 362 g/mol. The number of benzene rings is 1. The number of hydrogen-bond acceptors (Lipinski definition) is 7. The molecule has 0 atom stereocenters. The second-order valence-corrected chi connectivity index (χ2v) is 7.34. The highest BCUT2D eigenvalue weighted by Gasteiger charge is 2.17. The van der Waals surface area contributed by atoms with Gasteiger partial charge in [0.25, 0.3) is 0 Å². The Morgan fingerprint density at radius 3 is 2.70 bits per heavy atom. The molecule has 0 amide bonds. The van der Waals surface area contributed by atoms with E-state index in [1.807, 2.05) is 12.1 Å². The maximum Gasteiger partial charge on any atom is 0.219 e. The van der Waals surface area contributed by atoms with Crippen molar-refractivity contribution in [2.24, 2.45) is 0 Å². The number of tetrazole rings is 1. The Morgan fingerprint density at radius 2 is 2.04 bits per heavy atom. The van der Waals surface area contributed by atoms with Crippen LogP contribution in [-0.4, -0.2) is 24.6 Å². The molecule has 3 aromatic rings. The molecule has 9 heteroatoms. The SMILES string of the molecule is CC(C)c1ccc(-n2nnnc2Sc2snc(Cl)c2C#N)cc1. The van der Waals surface area contributed by atoms with Crippen LogP contribution in [0.25, 0.3) is 5.69 Å². The fraction of sp³-hybridized carbons (Fsp3) is 0.214. The fourth-order valence-corrected chi connectivity index (χ4v) is 3.95. The van der Waals surface area contributed by atoms with Crippen LogP contribution < -0.4 is 0 Å². The standard InChI is InChI=1S/C14H11ClN6S2/c1-8(2)9-3-5-10(6-4-9)21-14(17-19-20-21)22-13-11(7-16)12(15)18-23-13/h3-6,8H,1-2H3. The van der Waals surface area contributed by atoms with Gasteiger partial charge in [-0.2, -0.15) is 14.3 Å². The van der Waals surface area contributed by atoms with Crippen LogP contribution in [0, 0.1) is 11.3 Å². The lowest BCUT2D eigenvalue weighted by molar-refractivity contribution is 0.755. The van der Waals surface area contributed by atoms with E-state index in [2.05, 4.69) is 51.9 Å². The number of rotatable bonds is 4. The molecule has 0 bridgehead atoms. The van der Waals surface area contributed by atoms with Crippen LogP contribution in [0.4, 0.5) is 0 Å². The Hall–Kier alpha value is -1.95. The van der Waals surface area contributed by atoms with Crippen molar-refractivity contribution >= 4 is 34.9 Å². The summed E-state index contributed by atoms with van der Waals surface area (Å²) < 4.78 is 6.29. The number of hydrogen-bond donors (Lipinski definition) is 0. The van der Waals surface area contributed by atoms with Crippen molar-refractivity contribution in [3.05, 3.63) is 40.5 Å². The smallest absolute Gasteiger partial charge is 0.192 e. The van der Waals surface area contributed by atoms with Crippen molar-refractivity contribution < 1.29 is 0 Å². The molecule has 0 spiro atoms. The molecule has 116 valence electrons. The van der Waals surface area contributed by atoms with Gasteiger partial charge in [0.05, 0.1) is 5.69 Å². The summed E-state index contributed by atoms with van der Waals surface area (Å²) in [5.74, 6) is 0.462. The third kappa shape index (κ3) is 3.22. The molecule has 0 aliphatic heterocycles. The predicted octanol–water partition coefficient (Wildman–Crippen LogP) is 3.92. The van der Waals surface area contributed by atoms with Gasteiger partial charge in [0, 0.05) is 0 Å². The largest absolute Gasteiger partial charge is 0.219 e. The molecule has 0 unspecified atom stereocenters. The first-order chi connectivity index (χ1) is 11.1. The molecule has 1 aromatic carbocycles. The average Bonchev–Trinajstić information content (AvgIpc) is 3.14. The van der Waals surface area contributed by atoms with Crippen LogP contribution in [-0.2, 0) is 0 Å². The molecule has 2 heterocycles. The molecule has 0 N–H and O–H groups in total. The molecule has 0 saturated carbocycles. The van der Waals surface area contributed by atoms with E-state index in [1.165, 1.54) is 17.3 Å². The van der Waals surface area contributed by atoms with Gasteiger partial charge in [-0.1, -0.05) is 37.6 Å². The van der Waals surface area contributed by atoms with Crippen molar-refractivity contribution in [3.8, 4) is 11.8 Å². The van der Waals surface area contributed by atoms with Crippen molar-refractivity contribution in [2.45, 2.75) is 29.1 Å². The second kappa shape index (κ2) is 6.66. The summed E-state index contributed by atoms with van der Waals surface area (Å²) in [6.45, 7) is 4.29. The Balaban J connectivity index is 1.92. The summed E-state index contributed by atoms with van der Waals surface area (Å²) in [7, 11) is 0. The Bertz CT molecular complexity index is 862. The number of halogens is 1. The zero-order valence-corrected chi connectivity index (χ0v) is 14.7. The highest BCUT2D eigenvalue weighted by Crippen LogP contribution is 2.36. The van der Waals surface area contributed by atoms with Gasteiger partial charge < -0.3 is 0 Å². The summed E-state index contributed by atoms with van der Waals surface area (Å²) in [4.78, 5) is 0. The third-order valence-corrected chi connectivity index (χ3v) is 5.48. The maximum absolute atomic E-state index is 9.15. The molecular weight excluding hydrogens is 352 g/mol. The molecule has 0 fully saturated rings. The topological polar surface area (TPSA) is 80.3 Å². The van der Waals surface area contributed by atoms with Gasteiger partial charge >= 0.3 is 0 Å². The lowest BCUT2D eigenvalue weighted by Gasteiger charge is -2.07. The summed E-state index contributed by atoms with van der Waals surface area (Å²) in [6, 6.07) is 10.1. The van der Waals surface area contributed by atoms with Crippen LogP contribution in [0.15, 0.2) is 33.6 Å². The van der Waals surface area contributed by atoms with E-state index >= 15 is 0 Å². The minimum atomic E-state index is 0.209. The van der Waals surface area contributed by atoms with Gasteiger partial charge in [0.15, 0.2) is 5.15 Å². The van der Waals surface area contributed by atoms with Crippen LogP contribution in [0.1, 0.15) is 30.9 Å². The summed E-state index contributed by atoms with van der Waals surface area (Å²) in [5, 5.41) is 21.7. The van der Waals surface area contributed by atoms with Gasteiger partial charge in [-0.25, -0.2) is 0 Å². The lowest BCUT2D eigenvalue weighted by Crippen LogP contribution is -1.99. The molecular formula is C14H11ClN6S2. The van der Waals surface area contributed by atoms with E-state index < -0.39 is 0 Å². The molecule has 23 heavy (non-hydrogen) atoms.